The van der Waals surface area contributed by atoms with Gasteiger partial charge in [-0.1, -0.05) is 6.58 Å². The van der Waals surface area contributed by atoms with E-state index in [0.717, 1.165) is 23.9 Å². The van der Waals surface area contributed by atoms with Crippen LogP contribution in [0.2, 0.25) is 0 Å². The van der Waals surface area contributed by atoms with Crippen LogP contribution in [0, 0.1) is 6.92 Å². The van der Waals surface area contributed by atoms with Crippen molar-refractivity contribution in [3.8, 4) is 0 Å². The number of carbonyl (C=O) groups excluding carboxylic acids is 1. The van der Waals surface area contributed by atoms with Gasteiger partial charge in [0.05, 0.1) is 23.3 Å². The lowest BCUT2D eigenvalue weighted by atomic mass is 10.2. The molecule has 1 fully saturated rings. The lowest BCUT2D eigenvalue weighted by Crippen LogP contribution is -2.17. The van der Waals surface area contributed by atoms with Crippen LogP contribution >= 0.6 is 0 Å². The highest BCUT2D eigenvalue weighted by Crippen LogP contribution is 2.42. The van der Waals surface area contributed by atoms with Crippen molar-refractivity contribution in [1.82, 2.24) is 9.97 Å². The molecule has 0 saturated heterocycles. The zero-order valence-corrected chi connectivity index (χ0v) is 12.1. The highest BCUT2D eigenvalue weighted by Gasteiger charge is 2.28. The molecule has 1 aromatic rings. The van der Waals surface area contributed by atoms with E-state index >= 15 is 0 Å². The van der Waals surface area contributed by atoms with E-state index in [1.165, 1.54) is 0 Å². The molecule has 1 heterocycles. The van der Waals surface area contributed by atoms with Crippen LogP contribution in [0.1, 0.15) is 36.7 Å². The smallest absolute Gasteiger partial charge is 0.225 e. The normalized spacial score (nSPS) is 14.8. The predicted molar refractivity (Wildman–Crippen MR) is 76.0 cm³/mol. The Bertz CT molecular complexity index is 636. The Kier molecular flexibility index (Phi) is 4.17. The standard InChI is InChI=1S/C13H17N3O3S/c1-3-20(18,19)7-6-12(17)16-11-8-14-9(2)15-13(11)10-4-5-10/h3,8,10H,1,4-7H2,2H3,(H,16,17). The minimum absolute atomic E-state index is 0.105. The van der Waals surface area contributed by atoms with Crippen LogP contribution in [0.4, 0.5) is 5.69 Å². The van der Waals surface area contributed by atoms with Crippen LogP contribution in [0.3, 0.4) is 0 Å². The molecule has 1 amide bonds. The second-order valence-electron chi connectivity index (χ2n) is 4.82. The fraction of sp³-hybridized carbons (Fsp3) is 0.462. The fourth-order valence-electron chi connectivity index (χ4n) is 1.78. The van der Waals surface area contributed by atoms with E-state index in [4.69, 9.17) is 0 Å². The molecule has 0 radical (unpaired) electrons. The van der Waals surface area contributed by atoms with Crippen molar-refractivity contribution < 1.29 is 13.2 Å². The predicted octanol–water partition coefficient (Wildman–Crippen LogP) is 1.55. The lowest BCUT2D eigenvalue weighted by molar-refractivity contribution is -0.115. The fourth-order valence-corrected chi connectivity index (χ4v) is 2.42. The molecule has 0 atom stereocenters. The van der Waals surface area contributed by atoms with E-state index in [1.807, 2.05) is 0 Å². The summed E-state index contributed by atoms with van der Waals surface area (Å²) in [6.07, 6.45) is 3.59. The molecule has 6 nitrogen and oxygen atoms in total. The number of nitrogens with one attached hydrogen (secondary N) is 1. The largest absolute Gasteiger partial charge is 0.323 e. The highest BCUT2D eigenvalue weighted by atomic mass is 32.2. The third-order valence-corrected chi connectivity index (χ3v) is 4.33. The van der Waals surface area contributed by atoms with Crippen molar-refractivity contribution in [2.75, 3.05) is 11.1 Å². The van der Waals surface area contributed by atoms with Gasteiger partial charge in [0.25, 0.3) is 0 Å². The molecule has 20 heavy (non-hydrogen) atoms. The van der Waals surface area contributed by atoms with Crippen LogP contribution in [0.25, 0.3) is 0 Å². The van der Waals surface area contributed by atoms with Crippen LogP contribution in [0.5, 0.6) is 0 Å². The molecule has 1 saturated carbocycles. The van der Waals surface area contributed by atoms with E-state index in [2.05, 4.69) is 21.9 Å². The minimum Gasteiger partial charge on any atom is -0.323 e. The number of nitrogens with zero attached hydrogens (tertiary/aromatic N) is 2. The first-order chi connectivity index (χ1) is 9.41. The number of carbonyl (C=O) groups is 1. The molecule has 0 bridgehead atoms. The van der Waals surface area contributed by atoms with Crippen LogP contribution in [-0.4, -0.2) is 30.0 Å². The van der Waals surface area contributed by atoms with Gasteiger partial charge < -0.3 is 5.32 Å². The first-order valence-electron chi connectivity index (χ1n) is 6.40. The number of rotatable bonds is 6. The summed E-state index contributed by atoms with van der Waals surface area (Å²) in [4.78, 5) is 20.2. The zero-order chi connectivity index (χ0) is 14.8. The number of sulfone groups is 1. The third-order valence-electron chi connectivity index (χ3n) is 3.04. The van der Waals surface area contributed by atoms with Gasteiger partial charge in [-0.2, -0.15) is 0 Å². The van der Waals surface area contributed by atoms with E-state index in [-0.39, 0.29) is 18.1 Å². The molecule has 0 aliphatic heterocycles. The summed E-state index contributed by atoms with van der Waals surface area (Å²) >= 11 is 0. The van der Waals surface area contributed by atoms with Gasteiger partial charge in [-0.15, -0.1) is 0 Å². The van der Waals surface area contributed by atoms with Gasteiger partial charge in [0.2, 0.25) is 5.91 Å². The number of aromatic nitrogens is 2. The van der Waals surface area contributed by atoms with Gasteiger partial charge >= 0.3 is 0 Å². The molecule has 0 aromatic carbocycles. The van der Waals surface area contributed by atoms with Crippen LogP contribution in [0.15, 0.2) is 18.2 Å². The highest BCUT2D eigenvalue weighted by molar-refractivity contribution is 7.94. The summed E-state index contributed by atoms with van der Waals surface area (Å²) in [5.74, 6) is 0.446. The number of hydrogen-bond donors (Lipinski definition) is 1. The van der Waals surface area contributed by atoms with Gasteiger partial charge in [0, 0.05) is 17.7 Å². The molecule has 1 N–H and O–H groups in total. The Morgan fingerprint density at radius 2 is 2.25 bits per heavy atom. The SMILES string of the molecule is C=CS(=O)(=O)CCC(=O)Nc1cnc(C)nc1C1CC1. The lowest BCUT2D eigenvalue weighted by Gasteiger charge is -2.09. The summed E-state index contributed by atoms with van der Waals surface area (Å²) in [5.41, 5.74) is 1.43. The Morgan fingerprint density at radius 1 is 1.55 bits per heavy atom. The van der Waals surface area contributed by atoms with Crippen molar-refractivity contribution in [3.63, 3.8) is 0 Å². The summed E-state index contributed by atoms with van der Waals surface area (Å²) < 4.78 is 22.5. The third kappa shape index (κ3) is 3.86. The summed E-state index contributed by atoms with van der Waals surface area (Å²) in [5, 5.41) is 3.56. The van der Waals surface area contributed by atoms with Gasteiger partial charge in [-0.25, -0.2) is 18.4 Å². The van der Waals surface area contributed by atoms with E-state index < -0.39 is 9.84 Å². The van der Waals surface area contributed by atoms with Gasteiger partial charge in [-0.05, 0) is 19.8 Å². The molecule has 2 rings (SSSR count). The Balaban J connectivity index is 2.03. The Labute approximate surface area is 118 Å². The molecule has 1 aliphatic carbocycles. The van der Waals surface area contributed by atoms with Gasteiger partial charge in [0.15, 0.2) is 9.84 Å². The maximum Gasteiger partial charge on any atom is 0.225 e. The van der Waals surface area contributed by atoms with E-state index in [0.29, 0.717) is 17.4 Å². The van der Waals surface area contributed by atoms with Crippen molar-refractivity contribution in [3.05, 3.63) is 29.7 Å². The minimum atomic E-state index is -3.36. The van der Waals surface area contributed by atoms with Crippen molar-refractivity contribution in [1.29, 1.82) is 0 Å². The van der Waals surface area contributed by atoms with Crippen molar-refractivity contribution in [2.45, 2.75) is 32.1 Å². The summed E-state index contributed by atoms with van der Waals surface area (Å²) in [6.45, 7) is 5.01. The molecular weight excluding hydrogens is 278 g/mol. The van der Waals surface area contributed by atoms with Crippen molar-refractivity contribution in [2.24, 2.45) is 0 Å². The molecular formula is C13H17N3O3S. The quantitative estimate of drug-likeness (QED) is 0.860. The second kappa shape index (κ2) is 5.70. The molecule has 1 aliphatic rings. The Hall–Kier alpha value is -1.76. The topological polar surface area (TPSA) is 89.0 Å². The van der Waals surface area contributed by atoms with Gasteiger partial charge in [0.1, 0.15) is 5.82 Å². The van der Waals surface area contributed by atoms with Crippen molar-refractivity contribution >= 4 is 21.4 Å². The van der Waals surface area contributed by atoms with E-state index in [1.54, 1.807) is 13.1 Å². The number of aryl methyl sites for hydroxylation is 1. The van der Waals surface area contributed by atoms with Gasteiger partial charge in [-0.3, -0.25) is 4.79 Å². The monoisotopic (exact) mass is 295 g/mol. The first kappa shape index (κ1) is 14.6. The van der Waals surface area contributed by atoms with E-state index in [9.17, 15) is 13.2 Å². The number of amides is 1. The zero-order valence-electron chi connectivity index (χ0n) is 11.3. The first-order valence-corrected chi connectivity index (χ1v) is 8.11. The Morgan fingerprint density at radius 3 is 2.85 bits per heavy atom. The van der Waals surface area contributed by atoms with Crippen LogP contribution in [-0.2, 0) is 14.6 Å². The molecule has 1 aromatic heterocycles. The average molecular weight is 295 g/mol. The average Bonchev–Trinajstić information content (AvgIpc) is 3.23. The molecule has 0 unspecified atom stereocenters. The molecule has 7 heteroatoms. The summed E-state index contributed by atoms with van der Waals surface area (Å²) in [6, 6.07) is 0. The van der Waals surface area contributed by atoms with Crippen LogP contribution < -0.4 is 5.32 Å². The molecule has 108 valence electrons. The second-order valence-corrected chi connectivity index (χ2v) is 6.89. The number of anilines is 1. The number of hydrogen-bond acceptors (Lipinski definition) is 5. The maximum atomic E-state index is 11.8. The summed E-state index contributed by atoms with van der Waals surface area (Å²) in [7, 11) is -3.36. The maximum absolute atomic E-state index is 11.8. The molecule has 0 spiro atoms.